The van der Waals surface area contributed by atoms with Gasteiger partial charge in [0.05, 0.1) is 0 Å². The maximum Gasteiger partial charge on any atom is 0.141 e. The summed E-state index contributed by atoms with van der Waals surface area (Å²) >= 11 is 0. The van der Waals surface area contributed by atoms with Gasteiger partial charge in [0.25, 0.3) is 0 Å². The molecule has 2 aromatic rings. The zero-order valence-electron chi connectivity index (χ0n) is 12.9. The molecule has 0 bridgehead atoms. The number of hydrogen-bond donors (Lipinski definition) is 0. The van der Waals surface area contributed by atoms with Crippen molar-refractivity contribution in [1.82, 2.24) is 4.90 Å². The number of benzene rings is 2. The van der Waals surface area contributed by atoms with Crippen molar-refractivity contribution >= 4 is 5.78 Å². The summed E-state index contributed by atoms with van der Waals surface area (Å²) in [5, 5.41) is 0. The van der Waals surface area contributed by atoms with E-state index in [1.54, 1.807) is 0 Å². The fourth-order valence-corrected chi connectivity index (χ4v) is 3.24. The van der Waals surface area contributed by atoms with Gasteiger partial charge in [0, 0.05) is 25.4 Å². The minimum absolute atomic E-state index is 0.192. The summed E-state index contributed by atoms with van der Waals surface area (Å²) < 4.78 is 0. The van der Waals surface area contributed by atoms with Gasteiger partial charge in [-0.15, -0.1) is 0 Å². The zero-order valence-corrected chi connectivity index (χ0v) is 12.9. The van der Waals surface area contributed by atoms with Gasteiger partial charge in [0.15, 0.2) is 0 Å². The predicted octanol–water partition coefficient (Wildman–Crippen LogP) is 3.71. The molecule has 0 radical (unpaired) electrons. The number of rotatable bonds is 5. The number of nitrogens with zero attached hydrogens (tertiary/aromatic N) is 1. The topological polar surface area (TPSA) is 20.3 Å². The summed E-state index contributed by atoms with van der Waals surface area (Å²) in [6, 6.07) is 20.6. The lowest BCUT2D eigenvalue weighted by molar-refractivity contribution is -0.123. The van der Waals surface area contributed by atoms with Crippen molar-refractivity contribution < 1.29 is 4.79 Å². The van der Waals surface area contributed by atoms with Crippen molar-refractivity contribution in [2.45, 2.75) is 25.8 Å². The molecule has 2 heteroatoms. The van der Waals surface area contributed by atoms with Crippen LogP contribution in [0.3, 0.4) is 0 Å². The molecule has 2 nitrogen and oxygen atoms in total. The highest BCUT2D eigenvalue weighted by Gasteiger charge is 2.25. The van der Waals surface area contributed by atoms with Crippen LogP contribution in [-0.4, -0.2) is 23.8 Å². The molecule has 0 N–H and O–H groups in total. The smallest absolute Gasteiger partial charge is 0.141 e. The van der Waals surface area contributed by atoms with Gasteiger partial charge in [-0.2, -0.15) is 0 Å². The number of ketones is 1. The third kappa shape index (κ3) is 4.05. The summed E-state index contributed by atoms with van der Waals surface area (Å²) in [5.74, 6) is 0.585. The van der Waals surface area contributed by atoms with Crippen molar-refractivity contribution in [3.05, 3.63) is 71.8 Å². The summed E-state index contributed by atoms with van der Waals surface area (Å²) in [6.07, 6.45) is 2.74. The Morgan fingerprint density at radius 2 is 1.59 bits per heavy atom. The highest BCUT2D eigenvalue weighted by molar-refractivity contribution is 5.83. The van der Waals surface area contributed by atoms with Crippen LogP contribution < -0.4 is 0 Å². The molecule has 1 heterocycles. The average molecular weight is 293 g/mol. The third-order valence-corrected chi connectivity index (χ3v) is 4.43. The van der Waals surface area contributed by atoms with E-state index in [-0.39, 0.29) is 5.92 Å². The highest BCUT2D eigenvalue weighted by Crippen LogP contribution is 2.21. The fraction of sp³-hybridized carbons (Fsp3) is 0.350. The molecule has 114 valence electrons. The van der Waals surface area contributed by atoms with E-state index in [0.29, 0.717) is 12.2 Å². The molecule has 3 rings (SSSR count). The van der Waals surface area contributed by atoms with Crippen molar-refractivity contribution in [3.8, 4) is 0 Å². The molecule has 0 aliphatic carbocycles. The van der Waals surface area contributed by atoms with Gasteiger partial charge in [0.1, 0.15) is 5.78 Å². The predicted molar refractivity (Wildman–Crippen MR) is 89.6 cm³/mol. The molecular formula is C20H23NO. The normalized spacial score (nSPS) is 19.0. The van der Waals surface area contributed by atoms with Crippen LogP contribution in [0.5, 0.6) is 0 Å². The lowest BCUT2D eigenvalue weighted by Crippen LogP contribution is -2.38. The Bertz CT molecular complexity index is 594. The summed E-state index contributed by atoms with van der Waals surface area (Å²) in [6.45, 7) is 2.96. The summed E-state index contributed by atoms with van der Waals surface area (Å²) in [7, 11) is 0. The van der Waals surface area contributed by atoms with Gasteiger partial charge in [-0.1, -0.05) is 60.7 Å². The maximum absolute atomic E-state index is 12.5. The van der Waals surface area contributed by atoms with E-state index in [1.165, 1.54) is 5.56 Å². The molecule has 0 saturated carbocycles. The number of piperidine rings is 1. The molecule has 1 saturated heterocycles. The van der Waals surface area contributed by atoms with Crippen LogP contribution in [-0.2, 0) is 17.8 Å². The third-order valence-electron chi connectivity index (χ3n) is 4.43. The molecule has 2 aromatic carbocycles. The zero-order chi connectivity index (χ0) is 15.2. The second-order valence-corrected chi connectivity index (χ2v) is 6.19. The van der Waals surface area contributed by atoms with E-state index >= 15 is 0 Å². The fourth-order valence-electron chi connectivity index (χ4n) is 3.24. The average Bonchev–Trinajstić information content (AvgIpc) is 2.57. The Morgan fingerprint density at radius 1 is 0.955 bits per heavy atom. The first-order chi connectivity index (χ1) is 10.8. The first-order valence-corrected chi connectivity index (χ1v) is 8.14. The van der Waals surface area contributed by atoms with Gasteiger partial charge in [-0.25, -0.2) is 0 Å². The molecule has 1 aliphatic rings. The standard InChI is InChI=1S/C20H23NO/c22-20(14-17-8-3-1-4-9-17)19-12-7-13-21(16-19)15-18-10-5-2-6-11-18/h1-6,8-11,19H,7,12-16H2. The second kappa shape index (κ2) is 7.37. The Hall–Kier alpha value is -1.93. The molecule has 0 aromatic heterocycles. The summed E-state index contributed by atoms with van der Waals surface area (Å²) in [5.41, 5.74) is 2.46. The van der Waals surface area contributed by atoms with E-state index in [0.717, 1.165) is 38.0 Å². The number of likely N-dealkylation sites (tertiary alicyclic amines) is 1. The highest BCUT2D eigenvalue weighted by atomic mass is 16.1. The van der Waals surface area contributed by atoms with Crippen LogP contribution in [0.25, 0.3) is 0 Å². The minimum atomic E-state index is 0.192. The van der Waals surface area contributed by atoms with Crippen LogP contribution in [0.4, 0.5) is 0 Å². The molecule has 1 aliphatic heterocycles. The van der Waals surface area contributed by atoms with E-state index in [4.69, 9.17) is 0 Å². The molecule has 1 atom stereocenters. The maximum atomic E-state index is 12.5. The quantitative estimate of drug-likeness (QED) is 0.837. The van der Waals surface area contributed by atoms with Crippen LogP contribution >= 0.6 is 0 Å². The second-order valence-electron chi connectivity index (χ2n) is 6.19. The first kappa shape index (κ1) is 15.0. The lowest BCUT2D eigenvalue weighted by Gasteiger charge is -2.32. The Labute approximate surface area is 132 Å². The van der Waals surface area contributed by atoms with Crippen molar-refractivity contribution in [1.29, 1.82) is 0 Å². The molecule has 0 spiro atoms. The Balaban J connectivity index is 1.57. The largest absolute Gasteiger partial charge is 0.299 e. The van der Waals surface area contributed by atoms with Crippen molar-refractivity contribution in [2.75, 3.05) is 13.1 Å². The van der Waals surface area contributed by atoms with E-state index < -0.39 is 0 Å². The van der Waals surface area contributed by atoms with Gasteiger partial charge in [-0.3, -0.25) is 9.69 Å². The number of hydrogen-bond acceptors (Lipinski definition) is 2. The molecule has 1 fully saturated rings. The van der Waals surface area contributed by atoms with E-state index in [2.05, 4.69) is 29.2 Å². The van der Waals surface area contributed by atoms with Crippen molar-refractivity contribution in [2.24, 2.45) is 5.92 Å². The van der Waals surface area contributed by atoms with Gasteiger partial charge in [-0.05, 0) is 30.5 Å². The van der Waals surface area contributed by atoms with E-state index in [1.807, 2.05) is 36.4 Å². The van der Waals surface area contributed by atoms with Crippen LogP contribution in [0.2, 0.25) is 0 Å². The number of Topliss-reactive ketones (excluding diaryl/α,β-unsaturated/α-hetero) is 1. The minimum Gasteiger partial charge on any atom is -0.299 e. The number of carbonyl (C=O) groups excluding carboxylic acids is 1. The van der Waals surface area contributed by atoms with Gasteiger partial charge in [0.2, 0.25) is 0 Å². The van der Waals surface area contributed by atoms with Crippen molar-refractivity contribution in [3.63, 3.8) is 0 Å². The number of carbonyl (C=O) groups is 1. The molecule has 0 amide bonds. The van der Waals surface area contributed by atoms with Crippen LogP contribution in [0, 0.1) is 5.92 Å². The molecule has 1 unspecified atom stereocenters. The molecular weight excluding hydrogens is 270 g/mol. The Morgan fingerprint density at radius 3 is 2.27 bits per heavy atom. The Kier molecular flexibility index (Phi) is 5.02. The lowest BCUT2D eigenvalue weighted by atomic mass is 9.90. The van der Waals surface area contributed by atoms with Crippen LogP contribution in [0.1, 0.15) is 24.0 Å². The monoisotopic (exact) mass is 293 g/mol. The summed E-state index contributed by atoms with van der Waals surface area (Å²) in [4.78, 5) is 15.0. The molecule has 22 heavy (non-hydrogen) atoms. The van der Waals surface area contributed by atoms with Gasteiger partial charge < -0.3 is 0 Å². The first-order valence-electron chi connectivity index (χ1n) is 8.14. The SMILES string of the molecule is O=C(Cc1ccccc1)C1CCCN(Cc2ccccc2)C1. The van der Waals surface area contributed by atoms with Gasteiger partial charge >= 0.3 is 0 Å². The van der Waals surface area contributed by atoms with E-state index in [9.17, 15) is 4.79 Å². The van der Waals surface area contributed by atoms with Crippen LogP contribution in [0.15, 0.2) is 60.7 Å².